The predicted molar refractivity (Wildman–Crippen MR) is 89.8 cm³/mol. The lowest BCUT2D eigenvalue weighted by Gasteiger charge is -2.28. The van der Waals surface area contributed by atoms with E-state index in [1.54, 1.807) is 4.90 Å². The first-order chi connectivity index (χ1) is 10.7. The molecule has 0 unspecified atom stereocenters. The molecule has 2 aromatic rings. The molecule has 0 atom stereocenters. The summed E-state index contributed by atoms with van der Waals surface area (Å²) in [5, 5.41) is 8.32. The number of fused-ring (bicyclic) bond motifs is 1. The number of hydrogen-bond donors (Lipinski definition) is 2. The van der Waals surface area contributed by atoms with Crippen molar-refractivity contribution in [2.24, 2.45) is 0 Å². The molecule has 1 aromatic carbocycles. The number of nitrogens with one attached hydrogen (secondary N) is 2. The molecule has 6 heteroatoms. The smallest absolute Gasteiger partial charge is 0.312 e. The number of thiophene rings is 1. The molecule has 5 nitrogen and oxygen atoms in total. The summed E-state index contributed by atoms with van der Waals surface area (Å²) in [5.74, 6) is 0.158. The Hall–Kier alpha value is -2.34. The second-order valence-corrected chi connectivity index (χ2v) is 5.99. The van der Waals surface area contributed by atoms with E-state index in [0.717, 1.165) is 21.9 Å². The van der Waals surface area contributed by atoms with Crippen molar-refractivity contribution in [1.29, 1.82) is 0 Å². The number of aryl methyl sites for hydroxylation is 1. The largest absolute Gasteiger partial charge is 0.324 e. The van der Waals surface area contributed by atoms with Gasteiger partial charge in [-0.15, -0.1) is 11.3 Å². The van der Waals surface area contributed by atoms with Crippen molar-refractivity contribution in [3.05, 3.63) is 41.3 Å². The maximum absolute atomic E-state index is 11.9. The van der Waals surface area contributed by atoms with E-state index < -0.39 is 0 Å². The molecule has 0 bridgehead atoms. The molecule has 0 radical (unpaired) electrons. The van der Waals surface area contributed by atoms with Gasteiger partial charge in [0, 0.05) is 24.3 Å². The van der Waals surface area contributed by atoms with Crippen molar-refractivity contribution < 1.29 is 9.59 Å². The van der Waals surface area contributed by atoms with Gasteiger partial charge in [-0.05, 0) is 54.6 Å². The highest BCUT2D eigenvalue weighted by molar-refractivity contribution is 7.14. The molecule has 3 amide bonds. The van der Waals surface area contributed by atoms with Gasteiger partial charge >= 0.3 is 6.03 Å². The van der Waals surface area contributed by atoms with Gasteiger partial charge in [-0.1, -0.05) is 0 Å². The van der Waals surface area contributed by atoms with Crippen LogP contribution in [0, 0.1) is 0 Å². The molecule has 0 saturated heterocycles. The SMILES string of the molecule is CCN1C(=O)CCc2cc(NC(=O)Nc3cccs3)ccc21. The van der Waals surface area contributed by atoms with Gasteiger partial charge in [-0.2, -0.15) is 0 Å². The molecule has 0 saturated carbocycles. The van der Waals surface area contributed by atoms with E-state index in [2.05, 4.69) is 10.6 Å². The van der Waals surface area contributed by atoms with Crippen LogP contribution in [0.1, 0.15) is 18.9 Å². The van der Waals surface area contributed by atoms with E-state index in [1.807, 2.05) is 42.6 Å². The Morgan fingerprint density at radius 2 is 2.14 bits per heavy atom. The molecule has 0 fully saturated rings. The van der Waals surface area contributed by atoms with E-state index in [1.165, 1.54) is 11.3 Å². The molecule has 3 rings (SSSR count). The van der Waals surface area contributed by atoms with Gasteiger partial charge in [0.15, 0.2) is 0 Å². The quantitative estimate of drug-likeness (QED) is 0.907. The van der Waals surface area contributed by atoms with Crippen LogP contribution in [0.25, 0.3) is 0 Å². The molecule has 1 aliphatic rings. The second-order valence-electron chi connectivity index (χ2n) is 5.04. The zero-order valence-electron chi connectivity index (χ0n) is 12.3. The third kappa shape index (κ3) is 2.96. The number of nitrogens with zero attached hydrogens (tertiary/aromatic N) is 1. The highest BCUT2D eigenvalue weighted by Gasteiger charge is 2.22. The average Bonchev–Trinajstić information content (AvgIpc) is 3.00. The predicted octanol–water partition coefficient (Wildman–Crippen LogP) is 3.69. The van der Waals surface area contributed by atoms with Crippen LogP contribution in [0.2, 0.25) is 0 Å². The van der Waals surface area contributed by atoms with Gasteiger partial charge < -0.3 is 10.2 Å². The van der Waals surface area contributed by atoms with Crippen LogP contribution < -0.4 is 15.5 Å². The van der Waals surface area contributed by atoms with Crippen LogP contribution in [-0.2, 0) is 11.2 Å². The van der Waals surface area contributed by atoms with Crippen molar-refractivity contribution in [2.75, 3.05) is 22.1 Å². The zero-order chi connectivity index (χ0) is 15.5. The van der Waals surface area contributed by atoms with E-state index in [0.29, 0.717) is 19.4 Å². The van der Waals surface area contributed by atoms with E-state index >= 15 is 0 Å². The number of carbonyl (C=O) groups excluding carboxylic acids is 2. The molecular weight excluding hydrogens is 298 g/mol. The Kier molecular flexibility index (Phi) is 4.11. The molecular formula is C16H17N3O2S. The molecule has 0 spiro atoms. The van der Waals surface area contributed by atoms with Crippen LogP contribution in [0.15, 0.2) is 35.7 Å². The van der Waals surface area contributed by atoms with Crippen LogP contribution in [-0.4, -0.2) is 18.5 Å². The van der Waals surface area contributed by atoms with Crippen molar-refractivity contribution in [1.82, 2.24) is 0 Å². The maximum Gasteiger partial charge on any atom is 0.324 e. The number of anilines is 3. The third-order valence-corrected chi connectivity index (χ3v) is 4.40. The molecule has 1 aromatic heterocycles. The van der Waals surface area contributed by atoms with E-state index in [4.69, 9.17) is 0 Å². The molecule has 2 heterocycles. The number of rotatable bonds is 3. The summed E-state index contributed by atoms with van der Waals surface area (Å²) in [6, 6.07) is 9.14. The van der Waals surface area contributed by atoms with Crippen LogP contribution in [0.4, 0.5) is 21.2 Å². The minimum absolute atomic E-state index is 0.158. The number of hydrogen-bond acceptors (Lipinski definition) is 3. The summed E-state index contributed by atoms with van der Waals surface area (Å²) in [7, 11) is 0. The maximum atomic E-state index is 11.9. The topological polar surface area (TPSA) is 61.4 Å². The van der Waals surface area contributed by atoms with E-state index in [-0.39, 0.29) is 11.9 Å². The van der Waals surface area contributed by atoms with E-state index in [9.17, 15) is 9.59 Å². The van der Waals surface area contributed by atoms with Gasteiger partial charge in [0.25, 0.3) is 0 Å². The van der Waals surface area contributed by atoms with Crippen LogP contribution in [0.3, 0.4) is 0 Å². The first-order valence-corrected chi connectivity index (χ1v) is 8.10. The molecule has 1 aliphatic heterocycles. The standard InChI is InChI=1S/C16H17N3O2S/c1-2-19-13-7-6-12(10-11(13)5-8-15(19)20)17-16(21)18-14-4-3-9-22-14/h3-4,6-7,9-10H,2,5,8H2,1H3,(H2,17,18,21). The lowest BCUT2D eigenvalue weighted by Crippen LogP contribution is -2.34. The number of amides is 3. The summed E-state index contributed by atoms with van der Waals surface area (Å²) in [6.07, 6.45) is 1.23. The van der Waals surface area contributed by atoms with Crippen molar-refractivity contribution in [3.63, 3.8) is 0 Å². The summed E-state index contributed by atoms with van der Waals surface area (Å²) in [6.45, 7) is 2.63. The molecule has 114 valence electrons. The highest BCUT2D eigenvalue weighted by atomic mass is 32.1. The Morgan fingerprint density at radius 3 is 2.86 bits per heavy atom. The summed E-state index contributed by atoms with van der Waals surface area (Å²) in [5.41, 5.74) is 2.77. The van der Waals surface area contributed by atoms with Gasteiger partial charge in [-0.3, -0.25) is 10.1 Å². The number of carbonyl (C=O) groups is 2. The van der Waals surface area contributed by atoms with Crippen molar-refractivity contribution >= 4 is 39.7 Å². The Morgan fingerprint density at radius 1 is 1.27 bits per heavy atom. The number of urea groups is 1. The van der Waals surface area contributed by atoms with Gasteiger partial charge in [0.05, 0.1) is 5.00 Å². The molecule has 22 heavy (non-hydrogen) atoms. The minimum Gasteiger partial charge on any atom is -0.312 e. The Labute approximate surface area is 132 Å². The second kappa shape index (κ2) is 6.19. The summed E-state index contributed by atoms with van der Waals surface area (Å²) < 4.78 is 0. The lowest BCUT2D eigenvalue weighted by atomic mass is 10.0. The number of benzene rings is 1. The summed E-state index contributed by atoms with van der Waals surface area (Å²) in [4.78, 5) is 25.6. The average molecular weight is 315 g/mol. The Bertz CT molecular complexity index is 697. The van der Waals surface area contributed by atoms with Crippen molar-refractivity contribution in [3.8, 4) is 0 Å². The Balaban J connectivity index is 1.73. The third-order valence-electron chi connectivity index (χ3n) is 3.61. The fraction of sp³-hybridized carbons (Fsp3) is 0.250. The van der Waals surface area contributed by atoms with Gasteiger partial charge in [0.1, 0.15) is 0 Å². The fourth-order valence-electron chi connectivity index (χ4n) is 2.61. The first kappa shape index (κ1) is 14.6. The van der Waals surface area contributed by atoms with Crippen LogP contribution >= 0.6 is 11.3 Å². The normalized spacial score (nSPS) is 13.7. The van der Waals surface area contributed by atoms with Crippen LogP contribution in [0.5, 0.6) is 0 Å². The fourth-order valence-corrected chi connectivity index (χ4v) is 3.22. The zero-order valence-corrected chi connectivity index (χ0v) is 13.1. The van der Waals surface area contributed by atoms with Crippen molar-refractivity contribution in [2.45, 2.75) is 19.8 Å². The molecule has 0 aliphatic carbocycles. The first-order valence-electron chi connectivity index (χ1n) is 7.22. The molecule has 2 N–H and O–H groups in total. The van der Waals surface area contributed by atoms with Gasteiger partial charge in [0.2, 0.25) is 5.91 Å². The van der Waals surface area contributed by atoms with Gasteiger partial charge in [-0.25, -0.2) is 4.79 Å². The lowest BCUT2D eigenvalue weighted by molar-refractivity contribution is -0.118. The highest BCUT2D eigenvalue weighted by Crippen LogP contribution is 2.30. The summed E-state index contributed by atoms with van der Waals surface area (Å²) >= 11 is 1.47. The monoisotopic (exact) mass is 315 g/mol. The minimum atomic E-state index is -0.262.